The lowest BCUT2D eigenvalue weighted by atomic mass is 9.88. The van der Waals surface area contributed by atoms with Crippen LogP contribution in [0.15, 0.2) is 79.5 Å². The molecule has 0 spiro atoms. The van der Waals surface area contributed by atoms with Gasteiger partial charge in [0.1, 0.15) is 6.33 Å². The molecule has 4 aromatic heterocycles. The van der Waals surface area contributed by atoms with E-state index in [4.69, 9.17) is 11.4 Å². The fourth-order valence-electron chi connectivity index (χ4n) is 3.93. The molecule has 0 amide bonds. The van der Waals surface area contributed by atoms with Gasteiger partial charge in [-0.1, -0.05) is 24.1 Å². The van der Waals surface area contributed by atoms with E-state index in [-0.39, 0.29) is 0 Å². The molecule has 0 radical (unpaired) electrons. The van der Waals surface area contributed by atoms with Crippen molar-refractivity contribution < 1.29 is 0 Å². The number of hydrogen-bond acceptors (Lipinski definition) is 4. The van der Waals surface area contributed by atoms with Crippen LogP contribution in [0, 0.1) is 19.3 Å². The summed E-state index contributed by atoms with van der Waals surface area (Å²) in [6.07, 6.45) is 12.9. The van der Waals surface area contributed by atoms with E-state index in [0.717, 1.165) is 50.4 Å². The standard InChI is InChI=1S/C28H23N5/c1-5-28(3,4)26-16-20(11-12-29-26)23-15-24(19(2)30-17-23)21-8-6-9-22(14-21)27-25-10-7-13-33(25)32-18-31-27/h1,6-18H,2-4H3. The maximum atomic E-state index is 5.72. The van der Waals surface area contributed by atoms with Crippen molar-refractivity contribution >= 4 is 5.52 Å². The van der Waals surface area contributed by atoms with Gasteiger partial charge in [-0.3, -0.25) is 9.97 Å². The Morgan fingerprint density at radius 1 is 0.879 bits per heavy atom. The van der Waals surface area contributed by atoms with Gasteiger partial charge in [-0.05, 0) is 68.3 Å². The van der Waals surface area contributed by atoms with E-state index in [1.807, 2.05) is 62.1 Å². The van der Waals surface area contributed by atoms with Gasteiger partial charge < -0.3 is 0 Å². The number of hydrogen-bond donors (Lipinski definition) is 0. The fraction of sp³-hybridized carbons (Fsp3) is 0.143. The Kier molecular flexibility index (Phi) is 4.99. The second-order valence-corrected chi connectivity index (χ2v) is 8.58. The Balaban J connectivity index is 1.59. The molecule has 5 heteroatoms. The van der Waals surface area contributed by atoms with Crippen LogP contribution in [0.25, 0.3) is 39.0 Å². The number of terminal acetylenes is 1. The lowest BCUT2D eigenvalue weighted by Crippen LogP contribution is -2.15. The van der Waals surface area contributed by atoms with Gasteiger partial charge in [0.05, 0.1) is 22.3 Å². The number of benzene rings is 1. The maximum absolute atomic E-state index is 5.72. The molecular formula is C28H23N5. The monoisotopic (exact) mass is 429 g/mol. The van der Waals surface area contributed by atoms with Crippen LogP contribution in [0.4, 0.5) is 0 Å². The Bertz CT molecular complexity index is 1520. The van der Waals surface area contributed by atoms with Crippen molar-refractivity contribution in [1.82, 2.24) is 24.6 Å². The summed E-state index contributed by atoms with van der Waals surface area (Å²) in [6, 6.07) is 18.6. The molecule has 5 aromatic rings. The van der Waals surface area contributed by atoms with Crippen molar-refractivity contribution in [2.45, 2.75) is 26.2 Å². The Morgan fingerprint density at radius 2 is 1.73 bits per heavy atom. The van der Waals surface area contributed by atoms with E-state index >= 15 is 0 Å². The largest absolute Gasteiger partial charge is 0.260 e. The molecule has 5 nitrogen and oxygen atoms in total. The predicted octanol–water partition coefficient (Wildman–Crippen LogP) is 5.74. The molecule has 0 saturated carbocycles. The van der Waals surface area contributed by atoms with Gasteiger partial charge in [0.15, 0.2) is 0 Å². The summed E-state index contributed by atoms with van der Waals surface area (Å²) in [5.41, 5.74) is 8.51. The van der Waals surface area contributed by atoms with E-state index in [2.05, 4.69) is 57.4 Å². The Morgan fingerprint density at radius 3 is 2.58 bits per heavy atom. The van der Waals surface area contributed by atoms with Crippen LogP contribution in [0.3, 0.4) is 0 Å². The first-order chi connectivity index (χ1) is 16.0. The molecule has 160 valence electrons. The van der Waals surface area contributed by atoms with Gasteiger partial charge in [0, 0.05) is 41.0 Å². The zero-order chi connectivity index (χ0) is 23.0. The summed E-state index contributed by atoms with van der Waals surface area (Å²) in [7, 11) is 0. The minimum absolute atomic E-state index is 0.438. The summed E-state index contributed by atoms with van der Waals surface area (Å²) in [6.45, 7) is 6.03. The second kappa shape index (κ2) is 7.99. The quantitative estimate of drug-likeness (QED) is 0.342. The molecule has 5 rings (SSSR count). The molecular weight excluding hydrogens is 406 g/mol. The number of aryl methyl sites for hydroxylation is 1. The van der Waals surface area contributed by atoms with Crippen molar-refractivity contribution in [2.24, 2.45) is 0 Å². The lowest BCUT2D eigenvalue weighted by molar-refractivity contribution is 0.671. The van der Waals surface area contributed by atoms with Crippen molar-refractivity contribution in [2.75, 3.05) is 0 Å². The molecule has 0 aliphatic rings. The molecule has 1 aromatic carbocycles. The molecule has 0 saturated heterocycles. The van der Waals surface area contributed by atoms with Crippen LogP contribution >= 0.6 is 0 Å². The first kappa shape index (κ1) is 20.6. The first-order valence-electron chi connectivity index (χ1n) is 10.8. The van der Waals surface area contributed by atoms with E-state index < -0.39 is 5.41 Å². The highest BCUT2D eigenvalue weighted by Crippen LogP contribution is 2.32. The summed E-state index contributed by atoms with van der Waals surface area (Å²) in [4.78, 5) is 13.7. The van der Waals surface area contributed by atoms with Gasteiger partial charge in [-0.2, -0.15) is 5.10 Å². The molecule has 0 aliphatic heterocycles. The van der Waals surface area contributed by atoms with E-state index in [9.17, 15) is 0 Å². The summed E-state index contributed by atoms with van der Waals surface area (Å²) in [5, 5.41) is 4.28. The number of aromatic nitrogens is 5. The summed E-state index contributed by atoms with van der Waals surface area (Å²) in [5.74, 6) is 2.82. The molecule has 33 heavy (non-hydrogen) atoms. The van der Waals surface area contributed by atoms with Crippen molar-refractivity contribution in [3.05, 3.63) is 90.9 Å². The van der Waals surface area contributed by atoms with Crippen molar-refractivity contribution in [3.8, 4) is 45.9 Å². The maximum Gasteiger partial charge on any atom is 0.137 e. The van der Waals surface area contributed by atoms with Gasteiger partial charge in [0.25, 0.3) is 0 Å². The third-order valence-electron chi connectivity index (χ3n) is 5.96. The molecule has 0 unspecified atom stereocenters. The number of nitrogens with zero attached hydrogens (tertiary/aromatic N) is 5. The van der Waals surface area contributed by atoms with E-state index in [1.54, 1.807) is 6.33 Å². The van der Waals surface area contributed by atoms with Gasteiger partial charge >= 0.3 is 0 Å². The average Bonchev–Trinajstić information content (AvgIpc) is 3.34. The van der Waals surface area contributed by atoms with Crippen LogP contribution in [0.1, 0.15) is 25.2 Å². The first-order valence-corrected chi connectivity index (χ1v) is 10.8. The molecule has 0 aliphatic carbocycles. The van der Waals surface area contributed by atoms with Crippen LogP contribution in [-0.4, -0.2) is 24.6 Å². The molecule has 0 atom stereocenters. The molecule has 0 bridgehead atoms. The number of fused-ring (bicyclic) bond motifs is 1. The van der Waals surface area contributed by atoms with Crippen molar-refractivity contribution in [3.63, 3.8) is 0 Å². The van der Waals surface area contributed by atoms with Crippen LogP contribution in [-0.2, 0) is 5.41 Å². The second-order valence-electron chi connectivity index (χ2n) is 8.58. The van der Waals surface area contributed by atoms with Crippen LogP contribution in [0.2, 0.25) is 0 Å². The SMILES string of the molecule is C#CC(C)(C)c1cc(-c2cnc(C)c(-c3cccc(-c4ncnn5cccc45)c3)c2)ccn1. The molecule has 4 heterocycles. The van der Waals surface area contributed by atoms with Crippen molar-refractivity contribution in [1.29, 1.82) is 0 Å². The highest BCUT2D eigenvalue weighted by Gasteiger charge is 2.19. The Labute approximate surface area is 193 Å². The zero-order valence-electron chi connectivity index (χ0n) is 18.8. The minimum atomic E-state index is -0.438. The summed E-state index contributed by atoms with van der Waals surface area (Å²) < 4.78 is 1.83. The lowest BCUT2D eigenvalue weighted by Gasteiger charge is -2.17. The van der Waals surface area contributed by atoms with Gasteiger partial charge in [-0.15, -0.1) is 6.42 Å². The highest BCUT2D eigenvalue weighted by atomic mass is 15.2. The number of pyridine rings is 2. The number of rotatable bonds is 4. The van der Waals surface area contributed by atoms with E-state index in [0.29, 0.717) is 0 Å². The van der Waals surface area contributed by atoms with E-state index in [1.165, 1.54) is 0 Å². The normalized spacial score (nSPS) is 11.5. The smallest absolute Gasteiger partial charge is 0.137 e. The Hall–Kier alpha value is -4.30. The fourth-order valence-corrected chi connectivity index (χ4v) is 3.93. The van der Waals surface area contributed by atoms with Gasteiger partial charge in [-0.25, -0.2) is 9.50 Å². The van der Waals surface area contributed by atoms with Crippen LogP contribution < -0.4 is 0 Å². The zero-order valence-corrected chi connectivity index (χ0v) is 18.8. The predicted molar refractivity (Wildman–Crippen MR) is 131 cm³/mol. The van der Waals surface area contributed by atoms with Gasteiger partial charge in [0.2, 0.25) is 0 Å². The topological polar surface area (TPSA) is 56.0 Å². The highest BCUT2D eigenvalue weighted by molar-refractivity contribution is 5.81. The minimum Gasteiger partial charge on any atom is -0.260 e. The summed E-state index contributed by atoms with van der Waals surface area (Å²) >= 11 is 0. The molecule has 0 N–H and O–H groups in total. The third-order valence-corrected chi connectivity index (χ3v) is 5.96. The molecule has 0 fully saturated rings. The van der Waals surface area contributed by atoms with Crippen LogP contribution in [0.5, 0.6) is 0 Å². The average molecular weight is 430 g/mol. The third kappa shape index (κ3) is 3.77.